The molecule has 0 amide bonds. The molecular weight excluding hydrogens is 328 g/mol. The van der Waals surface area contributed by atoms with Gasteiger partial charge in [0.1, 0.15) is 5.82 Å². The fourth-order valence-corrected chi connectivity index (χ4v) is 2.36. The molecule has 0 aliphatic carbocycles. The summed E-state index contributed by atoms with van der Waals surface area (Å²) in [5.41, 5.74) is 0. The first kappa shape index (κ1) is 14.6. The first-order valence-corrected chi connectivity index (χ1v) is 7.36. The van der Waals surface area contributed by atoms with Gasteiger partial charge in [-0.25, -0.2) is 4.98 Å². The van der Waals surface area contributed by atoms with E-state index in [1.165, 1.54) is 0 Å². The molecule has 1 aromatic rings. The molecule has 104 valence electrons. The molecule has 2 N–H and O–H groups in total. The fourth-order valence-electron chi connectivity index (χ4n) is 1.85. The van der Waals surface area contributed by atoms with E-state index in [9.17, 15) is 0 Å². The molecule has 19 heavy (non-hydrogen) atoms. The zero-order valence-electron chi connectivity index (χ0n) is 10.7. The molecular formula is C12H17BrN4OS. The minimum atomic E-state index is 0.180. The SMILES string of the molecule is CC(NC(=S)Nc1ccc(Br)cn1)N1CCOCC1. The number of nitrogens with zero attached hydrogens (tertiary/aromatic N) is 2. The van der Waals surface area contributed by atoms with E-state index in [2.05, 4.69) is 43.4 Å². The molecule has 1 aliphatic rings. The van der Waals surface area contributed by atoms with Crippen molar-refractivity contribution in [3.05, 3.63) is 22.8 Å². The molecule has 1 aliphatic heterocycles. The Morgan fingerprint density at radius 3 is 2.84 bits per heavy atom. The van der Waals surface area contributed by atoms with Gasteiger partial charge in [-0.15, -0.1) is 0 Å². The van der Waals surface area contributed by atoms with Crippen molar-refractivity contribution in [1.29, 1.82) is 0 Å². The van der Waals surface area contributed by atoms with Crippen molar-refractivity contribution in [3.63, 3.8) is 0 Å². The minimum absolute atomic E-state index is 0.180. The molecule has 0 bridgehead atoms. The van der Waals surface area contributed by atoms with E-state index in [-0.39, 0.29) is 6.17 Å². The summed E-state index contributed by atoms with van der Waals surface area (Å²) in [7, 11) is 0. The standard InChI is InChI=1S/C12H17BrN4OS/c1-9(17-4-6-18-7-5-17)15-12(19)16-11-3-2-10(13)8-14-11/h2-3,8-9H,4-7H2,1H3,(H2,14,15,16,19). The third kappa shape index (κ3) is 4.68. The lowest BCUT2D eigenvalue weighted by Gasteiger charge is -2.33. The van der Waals surface area contributed by atoms with E-state index < -0.39 is 0 Å². The van der Waals surface area contributed by atoms with Gasteiger partial charge in [-0.2, -0.15) is 0 Å². The first-order chi connectivity index (χ1) is 9.15. The molecule has 0 spiro atoms. The van der Waals surface area contributed by atoms with Crippen LogP contribution < -0.4 is 10.6 Å². The number of halogens is 1. The van der Waals surface area contributed by atoms with Crippen molar-refractivity contribution in [3.8, 4) is 0 Å². The number of ether oxygens (including phenoxy) is 1. The second kappa shape index (κ2) is 7.14. The van der Waals surface area contributed by atoms with Crippen LogP contribution in [0.3, 0.4) is 0 Å². The number of hydrogen-bond acceptors (Lipinski definition) is 4. The highest BCUT2D eigenvalue weighted by Gasteiger charge is 2.17. The van der Waals surface area contributed by atoms with Crippen LogP contribution in [-0.4, -0.2) is 47.5 Å². The van der Waals surface area contributed by atoms with Gasteiger partial charge in [0, 0.05) is 23.8 Å². The second-order valence-electron chi connectivity index (χ2n) is 4.28. The van der Waals surface area contributed by atoms with E-state index in [1.807, 2.05) is 12.1 Å². The normalized spacial score (nSPS) is 17.8. The van der Waals surface area contributed by atoms with E-state index in [4.69, 9.17) is 17.0 Å². The molecule has 5 nitrogen and oxygen atoms in total. The van der Waals surface area contributed by atoms with Gasteiger partial charge in [-0.05, 0) is 47.2 Å². The number of morpholine rings is 1. The Bertz CT molecular complexity index is 422. The fraction of sp³-hybridized carbons (Fsp3) is 0.500. The van der Waals surface area contributed by atoms with Gasteiger partial charge in [0.25, 0.3) is 0 Å². The monoisotopic (exact) mass is 344 g/mol. The van der Waals surface area contributed by atoms with E-state index >= 15 is 0 Å². The first-order valence-electron chi connectivity index (χ1n) is 6.16. The minimum Gasteiger partial charge on any atom is -0.379 e. The van der Waals surface area contributed by atoms with Crippen molar-refractivity contribution in [2.75, 3.05) is 31.6 Å². The summed E-state index contributed by atoms with van der Waals surface area (Å²) in [5.74, 6) is 0.731. The molecule has 0 saturated carbocycles. The van der Waals surface area contributed by atoms with Gasteiger partial charge >= 0.3 is 0 Å². The topological polar surface area (TPSA) is 49.4 Å². The molecule has 1 atom stereocenters. The van der Waals surface area contributed by atoms with Gasteiger partial charge in [-0.3, -0.25) is 4.90 Å². The predicted molar refractivity (Wildman–Crippen MR) is 83.1 cm³/mol. The van der Waals surface area contributed by atoms with Crippen LogP contribution in [0.1, 0.15) is 6.92 Å². The molecule has 2 rings (SSSR count). The number of nitrogens with one attached hydrogen (secondary N) is 2. The molecule has 0 aromatic carbocycles. The van der Waals surface area contributed by atoms with Gasteiger partial charge < -0.3 is 15.4 Å². The molecule has 1 fully saturated rings. The largest absolute Gasteiger partial charge is 0.379 e. The third-order valence-corrected chi connectivity index (χ3v) is 3.59. The number of pyridine rings is 1. The Balaban J connectivity index is 1.81. The van der Waals surface area contributed by atoms with Gasteiger partial charge in [-0.1, -0.05) is 0 Å². The molecule has 1 unspecified atom stereocenters. The molecule has 1 aromatic heterocycles. The predicted octanol–water partition coefficient (Wildman–Crippen LogP) is 1.81. The van der Waals surface area contributed by atoms with Crippen LogP contribution in [0.5, 0.6) is 0 Å². The summed E-state index contributed by atoms with van der Waals surface area (Å²) in [5, 5.41) is 6.90. The third-order valence-electron chi connectivity index (χ3n) is 2.90. The van der Waals surface area contributed by atoms with Crippen molar-refractivity contribution in [1.82, 2.24) is 15.2 Å². The van der Waals surface area contributed by atoms with E-state index in [1.54, 1.807) is 6.20 Å². The molecule has 0 radical (unpaired) electrons. The van der Waals surface area contributed by atoms with Crippen molar-refractivity contribution in [2.24, 2.45) is 0 Å². The summed E-state index contributed by atoms with van der Waals surface area (Å²) < 4.78 is 6.27. The number of thiocarbonyl (C=S) groups is 1. The summed E-state index contributed by atoms with van der Waals surface area (Å²) >= 11 is 8.63. The average Bonchev–Trinajstić information content (AvgIpc) is 2.42. The van der Waals surface area contributed by atoms with E-state index in [0.717, 1.165) is 36.6 Å². The van der Waals surface area contributed by atoms with Gasteiger partial charge in [0.15, 0.2) is 5.11 Å². The van der Waals surface area contributed by atoms with E-state index in [0.29, 0.717) is 5.11 Å². The zero-order chi connectivity index (χ0) is 13.7. The van der Waals surface area contributed by atoms with Crippen LogP contribution in [0.4, 0.5) is 5.82 Å². The highest BCUT2D eigenvalue weighted by molar-refractivity contribution is 9.10. The Morgan fingerprint density at radius 1 is 1.47 bits per heavy atom. The summed E-state index contributed by atoms with van der Waals surface area (Å²) in [6.07, 6.45) is 1.91. The maximum absolute atomic E-state index is 5.33. The van der Waals surface area contributed by atoms with Gasteiger partial charge in [0.2, 0.25) is 0 Å². The molecule has 2 heterocycles. The number of rotatable bonds is 3. The summed E-state index contributed by atoms with van der Waals surface area (Å²) in [6, 6.07) is 3.79. The van der Waals surface area contributed by atoms with Gasteiger partial charge in [0.05, 0.1) is 19.4 Å². The quantitative estimate of drug-likeness (QED) is 0.815. The lowest BCUT2D eigenvalue weighted by Crippen LogP contribution is -2.51. The Hall–Kier alpha value is -0.760. The lowest BCUT2D eigenvalue weighted by atomic mass is 10.4. The van der Waals surface area contributed by atoms with Crippen molar-refractivity contribution >= 4 is 39.1 Å². The summed E-state index contributed by atoms with van der Waals surface area (Å²) in [4.78, 5) is 6.52. The molecule has 7 heteroatoms. The maximum atomic E-state index is 5.33. The van der Waals surface area contributed by atoms with Crippen molar-refractivity contribution < 1.29 is 4.74 Å². The highest BCUT2D eigenvalue weighted by atomic mass is 79.9. The van der Waals surface area contributed by atoms with Crippen molar-refractivity contribution in [2.45, 2.75) is 13.1 Å². The number of aromatic nitrogens is 1. The molecule has 1 saturated heterocycles. The van der Waals surface area contributed by atoms with Crippen LogP contribution >= 0.6 is 28.1 Å². The zero-order valence-corrected chi connectivity index (χ0v) is 13.1. The Morgan fingerprint density at radius 2 is 2.21 bits per heavy atom. The Kier molecular flexibility index (Phi) is 5.50. The smallest absolute Gasteiger partial charge is 0.173 e. The Labute approximate surface area is 126 Å². The lowest BCUT2D eigenvalue weighted by molar-refractivity contribution is 0.0174. The second-order valence-corrected chi connectivity index (χ2v) is 5.61. The van der Waals surface area contributed by atoms with Crippen LogP contribution in [0.2, 0.25) is 0 Å². The average molecular weight is 345 g/mol. The number of anilines is 1. The van der Waals surface area contributed by atoms with Crippen LogP contribution in [0, 0.1) is 0 Å². The van der Waals surface area contributed by atoms with Crippen LogP contribution in [0.25, 0.3) is 0 Å². The number of hydrogen-bond donors (Lipinski definition) is 2. The van der Waals surface area contributed by atoms with Crippen LogP contribution in [0.15, 0.2) is 22.8 Å². The maximum Gasteiger partial charge on any atom is 0.173 e. The van der Waals surface area contributed by atoms with Crippen LogP contribution in [-0.2, 0) is 4.74 Å². The summed E-state index contributed by atoms with van der Waals surface area (Å²) in [6.45, 7) is 5.50. The highest BCUT2D eigenvalue weighted by Crippen LogP contribution is 2.10.